The van der Waals surface area contributed by atoms with Gasteiger partial charge in [0.05, 0.1) is 17.1 Å². The fourth-order valence-corrected chi connectivity index (χ4v) is 1.93. The highest BCUT2D eigenvalue weighted by Gasteiger charge is 2.26. The summed E-state index contributed by atoms with van der Waals surface area (Å²) in [6, 6.07) is 4.94. The van der Waals surface area contributed by atoms with Crippen LogP contribution in [0.5, 0.6) is 0 Å². The third-order valence-corrected chi connectivity index (χ3v) is 3.56. The summed E-state index contributed by atoms with van der Waals surface area (Å²) in [5, 5.41) is 23.6. The normalized spacial score (nSPS) is 11.3. The lowest BCUT2D eigenvalue weighted by Crippen LogP contribution is -2.41. The van der Waals surface area contributed by atoms with Crippen LogP contribution in [0.25, 0.3) is 0 Å². The number of nitrogens with one attached hydrogen (secondary N) is 1. The second kappa shape index (κ2) is 5.82. The summed E-state index contributed by atoms with van der Waals surface area (Å²) in [5.41, 5.74) is 0.989. The van der Waals surface area contributed by atoms with Crippen LogP contribution in [0.15, 0.2) is 18.2 Å². The summed E-state index contributed by atoms with van der Waals surface area (Å²) in [6.45, 7) is 5.69. The zero-order chi connectivity index (χ0) is 13.8. The van der Waals surface area contributed by atoms with Gasteiger partial charge in [-0.25, -0.2) is 0 Å². The first kappa shape index (κ1) is 14.4. The molecule has 5 heteroatoms. The number of aliphatic hydroxyl groups is 1. The summed E-state index contributed by atoms with van der Waals surface area (Å²) in [5.74, 6) is 0. The fourth-order valence-electron chi connectivity index (χ4n) is 1.93. The van der Waals surface area contributed by atoms with Crippen molar-refractivity contribution < 1.29 is 10.0 Å². The van der Waals surface area contributed by atoms with Gasteiger partial charge in [-0.2, -0.15) is 0 Å². The molecule has 0 bridgehead atoms. The lowest BCUT2D eigenvalue weighted by molar-refractivity contribution is -0.385. The number of anilines is 1. The van der Waals surface area contributed by atoms with E-state index in [1.807, 2.05) is 13.8 Å². The van der Waals surface area contributed by atoms with E-state index in [1.54, 1.807) is 19.1 Å². The minimum atomic E-state index is -0.417. The van der Waals surface area contributed by atoms with Crippen LogP contribution in [0.4, 0.5) is 11.4 Å². The molecule has 5 nitrogen and oxygen atoms in total. The molecule has 0 atom stereocenters. The van der Waals surface area contributed by atoms with Crippen molar-refractivity contribution in [2.75, 3.05) is 11.9 Å². The summed E-state index contributed by atoms with van der Waals surface area (Å²) >= 11 is 0. The third-order valence-electron chi connectivity index (χ3n) is 3.56. The topological polar surface area (TPSA) is 75.4 Å². The van der Waals surface area contributed by atoms with Gasteiger partial charge in [0.25, 0.3) is 5.69 Å². The molecule has 18 heavy (non-hydrogen) atoms. The highest BCUT2D eigenvalue weighted by atomic mass is 16.6. The van der Waals surface area contributed by atoms with E-state index in [2.05, 4.69) is 5.32 Å². The van der Waals surface area contributed by atoms with Gasteiger partial charge in [-0.1, -0.05) is 19.9 Å². The second-order valence-electron chi connectivity index (χ2n) is 4.48. The fraction of sp³-hybridized carbons (Fsp3) is 0.538. The van der Waals surface area contributed by atoms with Crippen molar-refractivity contribution >= 4 is 11.4 Å². The van der Waals surface area contributed by atoms with Gasteiger partial charge in [0.15, 0.2) is 0 Å². The van der Waals surface area contributed by atoms with Crippen molar-refractivity contribution in [3.8, 4) is 0 Å². The van der Waals surface area contributed by atoms with Gasteiger partial charge in [0.1, 0.15) is 0 Å². The Morgan fingerprint density at radius 1 is 1.39 bits per heavy atom. The molecule has 1 rings (SSSR count). The molecule has 1 aromatic rings. The van der Waals surface area contributed by atoms with Crippen LogP contribution in [0, 0.1) is 17.0 Å². The smallest absolute Gasteiger partial charge is 0.274 e. The Labute approximate surface area is 107 Å². The molecule has 0 amide bonds. The zero-order valence-electron chi connectivity index (χ0n) is 11.1. The van der Waals surface area contributed by atoms with Gasteiger partial charge in [-0.3, -0.25) is 10.1 Å². The number of nitro groups is 1. The van der Waals surface area contributed by atoms with E-state index in [9.17, 15) is 15.2 Å². The van der Waals surface area contributed by atoms with E-state index in [1.165, 1.54) is 6.07 Å². The van der Waals surface area contributed by atoms with Gasteiger partial charge < -0.3 is 10.4 Å². The van der Waals surface area contributed by atoms with Crippen LogP contribution in [0.2, 0.25) is 0 Å². The first-order valence-electron chi connectivity index (χ1n) is 6.12. The van der Waals surface area contributed by atoms with Crippen LogP contribution in [-0.2, 0) is 0 Å². The average Bonchev–Trinajstić information content (AvgIpc) is 2.38. The number of hydrogen-bond acceptors (Lipinski definition) is 4. The molecule has 0 radical (unpaired) electrons. The molecule has 1 aromatic carbocycles. The Morgan fingerprint density at radius 3 is 2.44 bits per heavy atom. The molecule has 0 aliphatic rings. The minimum Gasteiger partial charge on any atom is -0.394 e. The molecule has 0 unspecified atom stereocenters. The number of benzene rings is 1. The summed E-state index contributed by atoms with van der Waals surface area (Å²) in [4.78, 5) is 10.5. The maximum absolute atomic E-state index is 10.9. The molecule has 2 N–H and O–H groups in total. The molecule has 0 aliphatic heterocycles. The van der Waals surface area contributed by atoms with Gasteiger partial charge >= 0.3 is 0 Å². The van der Waals surface area contributed by atoms with Crippen molar-refractivity contribution in [1.29, 1.82) is 0 Å². The van der Waals surface area contributed by atoms with Gasteiger partial charge in [0.2, 0.25) is 0 Å². The van der Waals surface area contributed by atoms with E-state index in [-0.39, 0.29) is 17.2 Å². The molecule has 100 valence electrons. The van der Waals surface area contributed by atoms with Crippen molar-refractivity contribution in [3.05, 3.63) is 33.9 Å². The number of nitrogens with zero attached hydrogens (tertiary/aromatic N) is 1. The van der Waals surface area contributed by atoms with E-state index >= 15 is 0 Å². The van der Waals surface area contributed by atoms with E-state index in [0.29, 0.717) is 11.3 Å². The SMILES string of the molecule is CCC(CC)(CO)Nc1cccc([N+](=O)[O-])c1C. The molecular formula is C13H20N2O3. The Kier molecular flexibility index (Phi) is 4.67. The monoisotopic (exact) mass is 252 g/mol. The number of nitro benzene ring substituents is 1. The predicted octanol–water partition coefficient (Wildman–Crippen LogP) is 2.87. The number of hydrogen-bond donors (Lipinski definition) is 2. The standard InChI is InChI=1S/C13H20N2O3/c1-4-13(5-2,9-16)14-11-7-6-8-12(10(11)3)15(17)18/h6-8,14,16H,4-5,9H2,1-3H3. The van der Waals surface area contributed by atoms with Gasteiger partial charge in [0, 0.05) is 17.3 Å². The second-order valence-corrected chi connectivity index (χ2v) is 4.48. The highest BCUT2D eigenvalue weighted by Crippen LogP contribution is 2.29. The Morgan fingerprint density at radius 2 is 2.00 bits per heavy atom. The van der Waals surface area contributed by atoms with E-state index in [4.69, 9.17) is 0 Å². The van der Waals surface area contributed by atoms with Crippen LogP contribution < -0.4 is 5.32 Å². The number of aliphatic hydroxyl groups excluding tert-OH is 1. The third kappa shape index (κ3) is 2.79. The lowest BCUT2D eigenvalue weighted by atomic mass is 9.93. The van der Waals surface area contributed by atoms with Crippen LogP contribution in [-0.4, -0.2) is 22.2 Å². The molecule has 0 saturated heterocycles. The lowest BCUT2D eigenvalue weighted by Gasteiger charge is -2.32. The number of rotatable bonds is 6. The van der Waals surface area contributed by atoms with Crippen molar-refractivity contribution in [2.24, 2.45) is 0 Å². The highest BCUT2D eigenvalue weighted by molar-refractivity contribution is 5.60. The maximum Gasteiger partial charge on any atom is 0.274 e. The summed E-state index contributed by atoms with van der Waals surface area (Å²) < 4.78 is 0. The molecule has 0 fully saturated rings. The molecular weight excluding hydrogens is 232 g/mol. The maximum atomic E-state index is 10.9. The zero-order valence-corrected chi connectivity index (χ0v) is 11.1. The van der Waals surface area contributed by atoms with Crippen molar-refractivity contribution in [1.82, 2.24) is 0 Å². The Balaban J connectivity index is 3.11. The summed E-state index contributed by atoms with van der Waals surface area (Å²) in [6.07, 6.45) is 1.50. The van der Waals surface area contributed by atoms with Gasteiger partial charge in [-0.15, -0.1) is 0 Å². The van der Waals surface area contributed by atoms with E-state index < -0.39 is 5.54 Å². The Hall–Kier alpha value is -1.62. The molecule has 0 saturated carbocycles. The largest absolute Gasteiger partial charge is 0.394 e. The molecule has 0 aliphatic carbocycles. The van der Waals surface area contributed by atoms with Crippen molar-refractivity contribution in [3.63, 3.8) is 0 Å². The minimum absolute atomic E-state index is 0.00211. The van der Waals surface area contributed by atoms with Crippen LogP contribution in [0.3, 0.4) is 0 Å². The summed E-state index contributed by atoms with van der Waals surface area (Å²) in [7, 11) is 0. The Bertz CT molecular complexity index is 420. The van der Waals surface area contributed by atoms with Gasteiger partial charge in [-0.05, 0) is 25.8 Å². The average molecular weight is 252 g/mol. The molecule has 0 spiro atoms. The first-order chi connectivity index (χ1) is 8.49. The van der Waals surface area contributed by atoms with E-state index in [0.717, 1.165) is 12.8 Å². The quantitative estimate of drug-likeness (QED) is 0.603. The van der Waals surface area contributed by atoms with Crippen LogP contribution >= 0.6 is 0 Å². The first-order valence-corrected chi connectivity index (χ1v) is 6.12. The molecule has 0 aromatic heterocycles. The predicted molar refractivity (Wildman–Crippen MR) is 71.9 cm³/mol. The van der Waals surface area contributed by atoms with Crippen molar-refractivity contribution in [2.45, 2.75) is 39.2 Å². The molecule has 0 heterocycles. The van der Waals surface area contributed by atoms with Crippen LogP contribution in [0.1, 0.15) is 32.3 Å².